The summed E-state index contributed by atoms with van der Waals surface area (Å²) >= 11 is 0. The maximum atomic E-state index is 13.2. The number of para-hydroxylation sites is 3. The predicted molar refractivity (Wildman–Crippen MR) is 308 cm³/mol. The first-order chi connectivity index (χ1) is 38.7. The van der Waals surface area contributed by atoms with Crippen molar-refractivity contribution in [3.05, 3.63) is 173 Å². The smallest absolute Gasteiger partial charge is 0.451 e. The van der Waals surface area contributed by atoms with Gasteiger partial charge < -0.3 is 29.6 Å². The number of alkyl halides is 3. The van der Waals surface area contributed by atoms with Crippen LogP contribution in [0.3, 0.4) is 0 Å². The lowest BCUT2D eigenvalue weighted by Crippen LogP contribution is -2.40. The molecular formula is C61H70F3N9O8. The summed E-state index contributed by atoms with van der Waals surface area (Å²) in [6.07, 6.45) is -1.56. The van der Waals surface area contributed by atoms with E-state index >= 15 is 0 Å². The number of nitrogens with one attached hydrogen (secondary N) is 5. The number of Topliss-reactive ketones (excluding diaryl/α,β-unsaturated/α-hetero) is 1. The molecule has 2 aromatic heterocycles. The van der Waals surface area contributed by atoms with Gasteiger partial charge in [0.25, 0.3) is 0 Å². The Hall–Kier alpha value is -9.07. The summed E-state index contributed by atoms with van der Waals surface area (Å²) in [6.45, 7) is 17.9. The van der Waals surface area contributed by atoms with Crippen LogP contribution in [-0.2, 0) is 26.5 Å². The van der Waals surface area contributed by atoms with Gasteiger partial charge in [-0.3, -0.25) is 20.4 Å². The molecule has 0 unspecified atom stereocenters. The van der Waals surface area contributed by atoms with Gasteiger partial charge in [-0.15, -0.1) is 0 Å². The molecule has 17 nitrogen and oxygen atoms in total. The number of halogens is 3. The monoisotopic (exact) mass is 1110 g/mol. The maximum Gasteiger partial charge on any atom is 0.451 e. The SMILES string of the molecule is CCC(C)(C)c1ccc(OCCCNC(=O)NNc2nc(C(F)(F)F)nc3ccccc23)c(C(C)(C)CC)c1.CCOC(=O)c1ccc(OCC(=O)c2ccccc2)cc1.COc1ccc(C)cc1NC=O.c1ccc2n[nH]nc2c1. The molecule has 2 heterocycles. The van der Waals surface area contributed by atoms with E-state index in [0.717, 1.165) is 40.8 Å². The highest BCUT2D eigenvalue weighted by molar-refractivity contribution is 5.97. The summed E-state index contributed by atoms with van der Waals surface area (Å²) in [4.78, 5) is 52.9. The van der Waals surface area contributed by atoms with Gasteiger partial charge >= 0.3 is 18.2 Å². The fourth-order valence-corrected chi connectivity index (χ4v) is 7.46. The second kappa shape index (κ2) is 30.3. The van der Waals surface area contributed by atoms with Gasteiger partial charge in [0.15, 0.2) is 18.2 Å². The van der Waals surface area contributed by atoms with Crippen molar-refractivity contribution in [3.63, 3.8) is 0 Å². The molecule has 3 amide bonds. The van der Waals surface area contributed by atoms with E-state index in [9.17, 15) is 32.3 Å². The van der Waals surface area contributed by atoms with E-state index < -0.39 is 18.0 Å². The number of urea groups is 1. The van der Waals surface area contributed by atoms with Gasteiger partial charge in [-0.25, -0.2) is 19.6 Å². The van der Waals surface area contributed by atoms with E-state index in [1.54, 1.807) is 80.8 Å². The number of H-pyrrole nitrogens is 1. The minimum Gasteiger partial charge on any atom is -0.495 e. The summed E-state index contributed by atoms with van der Waals surface area (Å²) < 4.78 is 61.0. The number of anilines is 2. The summed E-state index contributed by atoms with van der Waals surface area (Å²) in [5, 5.41) is 15.9. The van der Waals surface area contributed by atoms with E-state index in [2.05, 4.69) is 101 Å². The van der Waals surface area contributed by atoms with Gasteiger partial charge in [0, 0.05) is 23.1 Å². The maximum absolute atomic E-state index is 13.2. The molecule has 0 saturated heterocycles. The Labute approximate surface area is 469 Å². The summed E-state index contributed by atoms with van der Waals surface area (Å²) in [6, 6.07) is 40.8. The molecule has 0 saturated carbocycles. The lowest BCUT2D eigenvalue weighted by Gasteiger charge is -2.30. The van der Waals surface area contributed by atoms with E-state index in [4.69, 9.17) is 18.9 Å². The first kappa shape index (κ1) is 62.8. The Kier molecular flexibility index (Phi) is 23.5. The van der Waals surface area contributed by atoms with Crippen LogP contribution in [0.15, 0.2) is 140 Å². The number of amides is 3. The molecule has 0 atom stereocenters. The predicted octanol–water partition coefficient (Wildman–Crippen LogP) is 12.8. The lowest BCUT2D eigenvalue weighted by atomic mass is 9.76. The highest BCUT2D eigenvalue weighted by Gasteiger charge is 2.35. The fraction of sp³-hybridized carbons (Fsp3) is 0.311. The van der Waals surface area contributed by atoms with Crippen molar-refractivity contribution in [2.75, 3.05) is 44.2 Å². The van der Waals surface area contributed by atoms with Gasteiger partial charge in [0.2, 0.25) is 12.2 Å². The zero-order chi connectivity index (χ0) is 59.0. The van der Waals surface area contributed by atoms with E-state index in [-0.39, 0.29) is 40.5 Å². The number of ether oxygens (including phenoxy) is 4. The Morgan fingerprint density at radius 3 is 1.94 bits per heavy atom. The third-order valence-electron chi connectivity index (χ3n) is 12.9. The van der Waals surface area contributed by atoms with E-state index in [0.29, 0.717) is 66.3 Å². The van der Waals surface area contributed by atoms with Crippen LogP contribution in [0.4, 0.5) is 29.5 Å². The van der Waals surface area contributed by atoms with Crippen LogP contribution in [0.25, 0.3) is 21.9 Å². The average molecular weight is 1110 g/mol. The number of fused-ring (bicyclic) bond motifs is 2. The highest BCUT2D eigenvalue weighted by atomic mass is 19.4. The Bertz CT molecular complexity index is 3270. The van der Waals surface area contributed by atoms with Crippen LogP contribution in [0.2, 0.25) is 0 Å². The number of benzene rings is 6. The average Bonchev–Trinajstić information content (AvgIpc) is 4.02. The number of aryl methyl sites for hydroxylation is 1. The summed E-state index contributed by atoms with van der Waals surface area (Å²) in [5.74, 6) is 0.140. The van der Waals surface area contributed by atoms with Crippen molar-refractivity contribution in [3.8, 4) is 17.2 Å². The van der Waals surface area contributed by atoms with E-state index in [1.807, 2.05) is 61.5 Å². The molecule has 6 aromatic carbocycles. The van der Waals surface area contributed by atoms with Gasteiger partial charge in [-0.2, -0.15) is 28.6 Å². The summed E-state index contributed by atoms with van der Waals surface area (Å²) in [5.41, 5.74) is 12.1. The van der Waals surface area contributed by atoms with Crippen LogP contribution in [0.5, 0.6) is 17.2 Å². The minimum atomic E-state index is -4.72. The van der Waals surface area contributed by atoms with Crippen molar-refractivity contribution >= 4 is 57.6 Å². The van der Waals surface area contributed by atoms with Crippen LogP contribution in [-0.4, -0.2) is 83.0 Å². The molecule has 0 aliphatic heterocycles. The minimum absolute atomic E-state index is 0.0389. The number of methoxy groups -OCH3 is 1. The van der Waals surface area contributed by atoms with Gasteiger partial charge in [0.1, 0.15) is 28.3 Å². The number of aromatic nitrogens is 5. The number of esters is 1. The number of carbonyl (C=O) groups is 4. The number of rotatable bonds is 20. The molecule has 5 N–H and O–H groups in total. The second-order valence-corrected chi connectivity index (χ2v) is 19.4. The molecule has 0 fully saturated rings. The fourth-order valence-electron chi connectivity index (χ4n) is 7.46. The number of hydrazine groups is 1. The standard InChI is InChI=1S/C29H38F3N5O2.C17H16O4.C9H11NO2.C6H5N3/c1-7-27(3,4)19-14-15-23(21(18-19)28(5,6)8-2)39-17-11-16-33-26(38)37-36-24-20-12-9-10-13-22(20)34-25(35-24)29(30,31)32;1-2-20-17(19)14-8-10-15(11-9-14)21-12-16(18)13-6-4-3-5-7-13;1-7-3-4-9(12-2)8(5-7)10-6-11;1-2-4-6-5(3-1)7-9-8-6/h9-10,12-15,18H,7-8,11,16-17H2,1-6H3,(H2,33,37,38)(H,34,35,36);3-11H,2,12H2,1H3;3-6H,1-2H3,(H,10,11);1-4H,(H,7,8,9). The number of hydrogen-bond donors (Lipinski definition) is 5. The Morgan fingerprint density at radius 2 is 1.32 bits per heavy atom. The van der Waals surface area contributed by atoms with Crippen LogP contribution in [0, 0.1) is 6.92 Å². The molecule has 8 rings (SSSR count). The summed E-state index contributed by atoms with van der Waals surface area (Å²) in [7, 11) is 1.57. The molecular weight excluding hydrogens is 1040 g/mol. The molecule has 0 spiro atoms. The zero-order valence-corrected chi connectivity index (χ0v) is 47.0. The lowest BCUT2D eigenvalue weighted by molar-refractivity contribution is -0.144. The molecule has 81 heavy (non-hydrogen) atoms. The van der Waals surface area contributed by atoms with Crippen molar-refractivity contribution in [1.29, 1.82) is 0 Å². The quantitative estimate of drug-likeness (QED) is 0.0158. The third-order valence-corrected chi connectivity index (χ3v) is 12.9. The molecule has 20 heteroatoms. The second-order valence-electron chi connectivity index (χ2n) is 19.4. The Balaban J connectivity index is 0.000000235. The first-order valence-corrected chi connectivity index (χ1v) is 26.2. The van der Waals surface area contributed by atoms with E-state index in [1.165, 1.54) is 11.6 Å². The van der Waals surface area contributed by atoms with Gasteiger partial charge in [-0.1, -0.05) is 114 Å². The van der Waals surface area contributed by atoms with Crippen molar-refractivity contribution < 1.29 is 51.3 Å². The topological polar surface area (TPSA) is 221 Å². The molecule has 428 valence electrons. The zero-order valence-electron chi connectivity index (χ0n) is 47.0. The molecule has 8 aromatic rings. The number of aromatic amines is 1. The number of hydrogen-bond acceptors (Lipinski definition) is 13. The number of ketones is 1. The largest absolute Gasteiger partial charge is 0.495 e. The third kappa shape index (κ3) is 19.1. The van der Waals surface area contributed by atoms with Gasteiger partial charge in [0.05, 0.1) is 37.1 Å². The highest BCUT2D eigenvalue weighted by Crippen LogP contribution is 2.39. The molecule has 0 aliphatic rings. The molecule has 0 aliphatic carbocycles. The molecule has 0 bridgehead atoms. The molecule has 0 radical (unpaired) electrons. The van der Waals surface area contributed by atoms with Crippen molar-refractivity contribution in [1.82, 2.24) is 36.1 Å². The van der Waals surface area contributed by atoms with Gasteiger partial charge in [-0.05, 0) is 122 Å². The van der Waals surface area contributed by atoms with Crippen molar-refractivity contribution in [2.45, 2.75) is 91.7 Å². The Morgan fingerprint density at radius 1 is 0.691 bits per heavy atom. The van der Waals surface area contributed by atoms with Crippen molar-refractivity contribution in [2.24, 2.45) is 0 Å². The first-order valence-electron chi connectivity index (χ1n) is 26.2. The van der Waals surface area contributed by atoms with Crippen LogP contribution >= 0.6 is 0 Å². The normalized spacial score (nSPS) is 11.0. The van der Waals surface area contributed by atoms with Crippen LogP contribution < -0.4 is 35.7 Å². The number of nitrogens with zero attached hydrogens (tertiary/aromatic N) is 4. The number of carbonyl (C=O) groups excluding carboxylic acids is 4. The van der Waals surface area contributed by atoms with Crippen LogP contribution in [0.1, 0.15) is 111 Å².